The lowest BCUT2D eigenvalue weighted by Crippen LogP contribution is -2.51. The van der Waals surface area contributed by atoms with E-state index in [-0.39, 0.29) is 12.5 Å². The molecule has 0 radical (unpaired) electrons. The maximum absolute atomic E-state index is 13.5. The largest absolute Gasteiger partial charge is 0.465 e. The summed E-state index contributed by atoms with van der Waals surface area (Å²) in [5, 5.41) is 0. The van der Waals surface area contributed by atoms with Crippen molar-refractivity contribution >= 4 is 28.9 Å². The van der Waals surface area contributed by atoms with E-state index in [1.54, 1.807) is 14.0 Å². The van der Waals surface area contributed by atoms with Crippen LogP contribution in [0.5, 0.6) is 0 Å². The van der Waals surface area contributed by atoms with Gasteiger partial charge in [-0.3, -0.25) is 14.5 Å². The van der Waals surface area contributed by atoms with Crippen LogP contribution in [0.4, 0.5) is 5.95 Å². The van der Waals surface area contributed by atoms with Crippen molar-refractivity contribution in [1.29, 1.82) is 0 Å². The summed E-state index contributed by atoms with van der Waals surface area (Å²) >= 11 is 0. The van der Waals surface area contributed by atoms with Crippen LogP contribution in [-0.2, 0) is 19.1 Å². The number of fused-ring (bicyclic) bond motifs is 3. The highest BCUT2D eigenvalue weighted by atomic mass is 16.5. The SMILES string of the molecule is CCOC(=O)[C@H]1C(=O)N(CCOC)c2nc3ccccc3n2[C@@H]1c1ccccc1. The molecular formula is C22H23N3O4. The number of benzene rings is 2. The summed E-state index contributed by atoms with van der Waals surface area (Å²) < 4.78 is 12.5. The van der Waals surface area contributed by atoms with Crippen molar-refractivity contribution in [2.24, 2.45) is 5.92 Å². The summed E-state index contributed by atoms with van der Waals surface area (Å²) in [7, 11) is 1.58. The van der Waals surface area contributed by atoms with Gasteiger partial charge < -0.3 is 14.0 Å². The average molecular weight is 393 g/mol. The van der Waals surface area contributed by atoms with Gasteiger partial charge in [0.15, 0.2) is 5.92 Å². The van der Waals surface area contributed by atoms with Crippen LogP contribution in [0.2, 0.25) is 0 Å². The smallest absolute Gasteiger partial charge is 0.321 e. The zero-order chi connectivity index (χ0) is 20.4. The first-order valence-electron chi connectivity index (χ1n) is 9.66. The number of hydrogen-bond donors (Lipinski definition) is 0. The summed E-state index contributed by atoms with van der Waals surface area (Å²) in [6.45, 7) is 2.58. The molecule has 1 aliphatic rings. The fourth-order valence-electron chi connectivity index (χ4n) is 3.89. The van der Waals surface area contributed by atoms with Crippen LogP contribution in [0.3, 0.4) is 0 Å². The standard InChI is InChI=1S/C22H23N3O4/c1-3-29-21(27)18-19(15-9-5-4-6-10-15)25-17-12-8-7-11-16(17)23-22(25)24(20(18)26)13-14-28-2/h4-12,18-19H,3,13-14H2,1-2H3/t18-,19-/m1/s1. The van der Waals surface area contributed by atoms with Gasteiger partial charge in [-0.2, -0.15) is 0 Å². The number of imidazole rings is 1. The molecular weight excluding hydrogens is 370 g/mol. The number of carbonyl (C=O) groups excluding carboxylic acids is 2. The molecule has 3 aromatic rings. The quantitative estimate of drug-likeness (QED) is 0.476. The number of amides is 1. The van der Waals surface area contributed by atoms with E-state index in [0.29, 0.717) is 19.1 Å². The molecule has 0 spiro atoms. The summed E-state index contributed by atoms with van der Waals surface area (Å²) in [6, 6.07) is 16.7. The molecule has 2 atom stereocenters. The van der Waals surface area contributed by atoms with E-state index >= 15 is 0 Å². The molecule has 1 aliphatic heterocycles. The molecule has 0 saturated heterocycles. The topological polar surface area (TPSA) is 73.7 Å². The van der Waals surface area contributed by atoms with Gasteiger partial charge in [0.05, 0.1) is 36.8 Å². The third-order valence-corrected chi connectivity index (χ3v) is 5.15. The molecule has 2 aromatic carbocycles. The van der Waals surface area contributed by atoms with Gasteiger partial charge in [-0.25, -0.2) is 4.98 Å². The summed E-state index contributed by atoms with van der Waals surface area (Å²) in [5.41, 5.74) is 2.48. The van der Waals surface area contributed by atoms with E-state index in [4.69, 9.17) is 14.5 Å². The van der Waals surface area contributed by atoms with Crippen molar-refractivity contribution in [2.75, 3.05) is 31.8 Å². The number of esters is 1. The van der Waals surface area contributed by atoms with Gasteiger partial charge in [0.1, 0.15) is 0 Å². The predicted molar refractivity (Wildman–Crippen MR) is 109 cm³/mol. The summed E-state index contributed by atoms with van der Waals surface area (Å²) in [5.74, 6) is -1.34. The number of methoxy groups -OCH3 is 1. The van der Waals surface area contributed by atoms with E-state index in [1.807, 2.05) is 59.2 Å². The van der Waals surface area contributed by atoms with E-state index in [2.05, 4.69) is 0 Å². The Kier molecular flexibility index (Phi) is 5.31. The number of nitrogens with zero attached hydrogens (tertiary/aromatic N) is 3. The highest BCUT2D eigenvalue weighted by Gasteiger charge is 2.47. The molecule has 2 heterocycles. The number of hydrogen-bond acceptors (Lipinski definition) is 5. The lowest BCUT2D eigenvalue weighted by atomic mass is 9.89. The molecule has 0 unspecified atom stereocenters. The Morgan fingerprint density at radius 2 is 1.83 bits per heavy atom. The second-order valence-electron chi connectivity index (χ2n) is 6.84. The van der Waals surface area contributed by atoms with Crippen LogP contribution in [0, 0.1) is 5.92 Å². The zero-order valence-corrected chi connectivity index (χ0v) is 16.4. The molecule has 1 aromatic heterocycles. The maximum Gasteiger partial charge on any atom is 0.321 e. The van der Waals surface area contributed by atoms with Crippen molar-refractivity contribution in [1.82, 2.24) is 9.55 Å². The van der Waals surface area contributed by atoms with Crippen LogP contribution >= 0.6 is 0 Å². The first-order chi connectivity index (χ1) is 14.2. The molecule has 4 rings (SSSR count). The number of aromatic nitrogens is 2. The molecule has 150 valence electrons. The first kappa shape index (κ1) is 19.1. The lowest BCUT2D eigenvalue weighted by molar-refractivity contribution is -0.153. The molecule has 0 saturated carbocycles. The maximum atomic E-state index is 13.5. The van der Waals surface area contributed by atoms with Crippen LogP contribution < -0.4 is 4.90 Å². The van der Waals surface area contributed by atoms with Crippen LogP contribution in [0.25, 0.3) is 11.0 Å². The first-order valence-corrected chi connectivity index (χ1v) is 9.66. The minimum atomic E-state index is -1.00. The Bertz CT molecular complexity index is 1030. The Labute approximate surface area is 168 Å². The van der Waals surface area contributed by atoms with Crippen LogP contribution in [0.15, 0.2) is 54.6 Å². The molecule has 0 N–H and O–H groups in total. The second-order valence-corrected chi connectivity index (χ2v) is 6.84. The summed E-state index contributed by atoms with van der Waals surface area (Å²) in [6.07, 6.45) is 0. The molecule has 1 amide bonds. The Morgan fingerprint density at radius 1 is 1.10 bits per heavy atom. The fraction of sp³-hybridized carbons (Fsp3) is 0.318. The van der Waals surface area contributed by atoms with E-state index in [0.717, 1.165) is 16.6 Å². The predicted octanol–water partition coefficient (Wildman–Crippen LogP) is 2.80. The van der Waals surface area contributed by atoms with E-state index < -0.39 is 17.9 Å². The van der Waals surface area contributed by atoms with Gasteiger partial charge in [0.25, 0.3) is 0 Å². The highest BCUT2D eigenvalue weighted by molar-refractivity contribution is 6.08. The van der Waals surface area contributed by atoms with Crippen molar-refractivity contribution in [3.05, 3.63) is 60.2 Å². The van der Waals surface area contributed by atoms with Gasteiger partial charge >= 0.3 is 5.97 Å². The van der Waals surface area contributed by atoms with Gasteiger partial charge in [-0.1, -0.05) is 42.5 Å². The van der Waals surface area contributed by atoms with Crippen molar-refractivity contribution in [2.45, 2.75) is 13.0 Å². The minimum absolute atomic E-state index is 0.208. The Balaban J connectivity index is 1.97. The van der Waals surface area contributed by atoms with Crippen LogP contribution in [0.1, 0.15) is 18.5 Å². The van der Waals surface area contributed by atoms with Gasteiger partial charge in [0.2, 0.25) is 11.9 Å². The molecule has 0 aliphatic carbocycles. The highest BCUT2D eigenvalue weighted by Crippen LogP contribution is 2.41. The zero-order valence-electron chi connectivity index (χ0n) is 16.4. The van der Waals surface area contributed by atoms with Gasteiger partial charge in [-0.15, -0.1) is 0 Å². The number of para-hydroxylation sites is 2. The van der Waals surface area contributed by atoms with Gasteiger partial charge in [0, 0.05) is 7.11 Å². The second kappa shape index (κ2) is 8.05. The average Bonchev–Trinajstić information content (AvgIpc) is 3.12. The number of anilines is 1. The summed E-state index contributed by atoms with van der Waals surface area (Å²) in [4.78, 5) is 32.7. The molecule has 7 nitrogen and oxygen atoms in total. The number of ether oxygens (including phenoxy) is 2. The number of carbonyl (C=O) groups is 2. The molecule has 0 bridgehead atoms. The Hall–Kier alpha value is -3.19. The van der Waals surface area contributed by atoms with E-state index in [1.165, 1.54) is 4.90 Å². The van der Waals surface area contributed by atoms with Gasteiger partial charge in [-0.05, 0) is 24.6 Å². The lowest BCUT2D eigenvalue weighted by Gasteiger charge is -2.37. The van der Waals surface area contributed by atoms with Crippen molar-refractivity contribution < 1.29 is 19.1 Å². The van der Waals surface area contributed by atoms with Crippen LogP contribution in [-0.4, -0.2) is 48.3 Å². The van der Waals surface area contributed by atoms with Crippen molar-refractivity contribution in [3.8, 4) is 0 Å². The third kappa shape index (κ3) is 3.27. The monoisotopic (exact) mass is 393 g/mol. The Morgan fingerprint density at radius 3 is 2.55 bits per heavy atom. The fourth-order valence-corrected chi connectivity index (χ4v) is 3.89. The normalized spacial score (nSPS) is 18.7. The number of rotatable bonds is 6. The molecule has 0 fully saturated rings. The van der Waals surface area contributed by atoms with Crippen molar-refractivity contribution in [3.63, 3.8) is 0 Å². The van der Waals surface area contributed by atoms with E-state index in [9.17, 15) is 9.59 Å². The molecule has 29 heavy (non-hydrogen) atoms. The third-order valence-electron chi connectivity index (χ3n) is 5.15. The minimum Gasteiger partial charge on any atom is -0.465 e. The molecule has 7 heteroatoms.